The predicted octanol–water partition coefficient (Wildman–Crippen LogP) is 3.77. The van der Waals surface area contributed by atoms with Crippen molar-refractivity contribution in [3.05, 3.63) is 51.4 Å². The molecule has 0 fully saturated rings. The van der Waals surface area contributed by atoms with E-state index >= 15 is 0 Å². The van der Waals surface area contributed by atoms with Gasteiger partial charge in [-0.3, -0.25) is 4.79 Å². The Morgan fingerprint density at radius 3 is 2.63 bits per heavy atom. The summed E-state index contributed by atoms with van der Waals surface area (Å²) in [7, 11) is 0. The maximum absolute atomic E-state index is 13.6. The third kappa shape index (κ3) is 4.56. The van der Waals surface area contributed by atoms with Gasteiger partial charge in [-0.05, 0) is 51.0 Å². The number of esters is 1. The van der Waals surface area contributed by atoms with Crippen LogP contribution in [0.4, 0.5) is 10.2 Å². The second-order valence-electron chi connectivity index (χ2n) is 6.72. The van der Waals surface area contributed by atoms with Gasteiger partial charge >= 0.3 is 5.97 Å². The van der Waals surface area contributed by atoms with Crippen molar-refractivity contribution < 1.29 is 18.7 Å². The molecule has 0 atom stereocenters. The first-order valence-electron chi connectivity index (χ1n) is 9.54. The smallest absolute Gasteiger partial charge is 0.348 e. The Balaban J connectivity index is 1.70. The number of rotatable bonds is 7. The van der Waals surface area contributed by atoms with Crippen molar-refractivity contribution in [2.24, 2.45) is 0 Å². The van der Waals surface area contributed by atoms with Crippen LogP contribution in [-0.2, 0) is 4.74 Å². The van der Waals surface area contributed by atoms with Crippen LogP contribution in [0, 0.1) is 26.6 Å². The van der Waals surface area contributed by atoms with E-state index in [9.17, 15) is 14.0 Å². The SMILES string of the molecule is CCOC(=O)c1sc2nc(C)nc(NCCNC(=O)c3ccc(C)c(F)c3)c2c1C. The Morgan fingerprint density at radius 2 is 1.93 bits per heavy atom. The molecule has 0 aliphatic rings. The van der Waals surface area contributed by atoms with Crippen molar-refractivity contribution in [3.63, 3.8) is 0 Å². The number of carbonyl (C=O) groups is 2. The largest absolute Gasteiger partial charge is 0.462 e. The summed E-state index contributed by atoms with van der Waals surface area (Å²) in [5.41, 5.74) is 1.52. The normalized spacial score (nSPS) is 10.8. The molecule has 3 aromatic rings. The zero-order valence-corrected chi connectivity index (χ0v) is 18.1. The van der Waals surface area contributed by atoms with E-state index < -0.39 is 5.82 Å². The van der Waals surface area contributed by atoms with Gasteiger partial charge in [-0.1, -0.05) is 6.07 Å². The third-order valence-corrected chi connectivity index (χ3v) is 5.67. The van der Waals surface area contributed by atoms with Gasteiger partial charge in [-0.25, -0.2) is 19.2 Å². The molecule has 2 heterocycles. The van der Waals surface area contributed by atoms with Gasteiger partial charge in [0.25, 0.3) is 5.91 Å². The van der Waals surface area contributed by atoms with Crippen LogP contribution in [0.25, 0.3) is 10.2 Å². The minimum absolute atomic E-state index is 0.270. The average Bonchev–Trinajstić information content (AvgIpc) is 3.03. The number of nitrogens with one attached hydrogen (secondary N) is 2. The summed E-state index contributed by atoms with van der Waals surface area (Å²) in [4.78, 5) is 34.5. The van der Waals surface area contributed by atoms with Gasteiger partial charge < -0.3 is 15.4 Å². The minimum Gasteiger partial charge on any atom is -0.462 e. The van der Waals surface area contributed by atoms with Crippen molar-refractivity contribution in [1.82, 2.24) is 15.3 Å². The van der Waals surface area contributed by atoms with Gasteiger partial charge in [-0.15, -0.1) is 11.3 Å². The number of thiophene rings is 1. The molecule has 158 valence electrons. The molecule has 0 saturated heterocycles. The lowest BCUT2D eigenvalue weighted by Gasteiger charge is -2.10. The molecule has 1 amide bonds. The number of nitrogens with zero attached hydrogens (tertiary/aromatic N) is 2. The summed E-state index contributed by atoms with van der Waals surface area (Å²) in [6.45, 7) is 8.03. The first-order valence-corrected chi connectivity index (χ1v) is 10.4. The van der Waals surface area contributed by atoms with Crippen molar-refractivity contribution >= 4 is 39.2 Å². The standard InChI is InChI=1S/C21H23FN4O3S/c1-5-29-21(28)17-12(3)16-18(25-13(4)26-20(16)30-17)23-8-9-24-19(27)14-7-6-11(2)15(22)10-14/h6-7,10H,5,8-9H2,1-4H3,(H,24,27)(H,23,25,26). The van der Waals surface area contributed by atoms with Gasteiger partial charge in [0.15, 0.2) is 0 Å². The lowest BCUT2D eigenvalue weighted by atomic mass is 10.1. The summed E-state index contributed by atoms with van der Waals surface area (Å²) in [6, 6.07) is 4.38. The van der Waals surface area contributed by atoms with Crippen molar-refractivity contribution in [2.45, 2.75) is 27.7 Å². The topological polar surface area (TPSA) is 93.2 Å². The van der Waals surface area contributed by atoms with Crippen LogP contribution in [0.1, 0.15) is 43.9 Å². The van der Waals surface area contributed by atoms with Crippen LogP contribution in [0.2, 0.25) is 0 Å². The number of benzene rings is 1. The highest BCUT2D eigenvalue weighted by molar-refractivity contribution is 7.20. The molecule has 0 unspecified atom stereocenters. The van der Waals surface area contributed by atoms with E-state index in [1.165, 1.54) is 17.4 Å². The van der Waals surface area contributed by atoms with Crippen molar-refractivity contribution in [3.8, 4) is 0 Å². The fraction of sp³-hybridized carbons (Fsp3) is 0.333. The van der Waals surface area contributed by atoms with Crippen molar-refractivity contribution in [1.29, 1.82) is 0 Å². The highest BCUT2D eigenvalue weighted by atomic mass is 32.1. The molecular formula is C21H23FN4O3S. The number of aryl methyl sites for hydroxylation is 3. The monoisotopic (exact) mass is 430 g/mol. The number of halogens is 1. The molecule has 0 aliphatic carbocycles. The molecule has 0 saturated carbocycles. The molecule has 7 nitrogen and oxygen atoms in total. The fourth-order valence-corrected chi connectivity index (χ4v) is 4.08. The van der Waals surface area contributed by atoms with Crippen LogP contribution in [0.5, 0.6) is 0 Å². The van der Waals surface area contributed by atoms with Gasteiger partial charge in [0, 0.05) is 18.7 Å². The average molecular weight is 431 g/mol. The summed E-state index contributed by atoms with van der Waals surface area (Å²) in [5, 5.41) is 6.71. The molecule has 0 radical (unpaired) electrons. The molecule has 3 rings (SSSR count). The van der Waals surface area contributed by atoms with Gasteiger partial charge in [0.05, 0.1) is 12.0 Å². The molecular weight excluding hydrogens is 407 g/mol. The second-order valence-corrected chi connectivity index (χ2v) is 7.72. The first-order chi connectivity index (χ1) is 14.3. The lowest BCUT2D eigenvalue weighted by Crippen LogP contribution is -2.29. The zero-order valence-electron chi connectivity index (χ0n) is 17.3. The Hall–Kier alpha value is -3.07. The van der Waals surface area contributed by atoms with E-state index in [0.29, 0.717) is 46.6 Å². The maximum Gasteiger partial charge on any atom is 0.348 e. The van der Waals surface area contributed by atoms with E-state index in [1.54, 1.807) is 32.9 Å². The number of ether oxygens (including phenoxy) is 1. The zero-order chi connectivity index (χ0) is 21.8. The first kappa shape index (κ1) is 21.6. The Kier molecular flexibility index (Phi) is 6.61. The minimum atomic E-state index is -0.412. The van der Waals surface area contributed by atoms with Crippen LogP contribution in [0.3, 0.4) is 0 Å². The molecule has 2 N–H and O–H groups in total. The molecule has 0 bridgehead atoms. The van der Waals surface area contributed by atoms with Crippen LogP contribution in [-0.4, -0.2) is 41.5 Å². The number of hydrogen-bond donors (Lipinski definition) is 2. The number of hydrogen-bond acceptors (Lipinski definition) is 7. The number of carbonyl (C=O) groups excluding carboxylic acids is 2. The number of fused-ring (bicyclic) bond motifs is 1. The maximum atomic E-state index is 13.6. The highest BCUT2D eigenvalue weighted by Gasteiger charge is 2.20. The summed E-state index contributed by atoms with van der Waals surface area (Å²) >= 11 is 1.27. The second kappa shape index (κ2) is 9.17. The summed E-state index contributed by atoms with van der Waals surface area (Å²) in [6.07, 6.45) is 0. The van der Waals surface area contributed by atoms with Gasteiger partial charge in [-0.2, -0.15) is 0 Å². The predicted molar refractivity (Wildman–Crippen MR) is 115 cm³/mol. The molecule has 1 aromatic carbocycles. The van der Waals surface area contributed by atoms with E-state index in [2.05, 4.69) is 20.6 Å². The number of anilines is 1. The Labute approximate surface area is 177 Å². The van der Waals surface area contributed by atoms with Crippen LogP contribution >= 0.6 is 11.3 Å². The fourth-order valence-electron chi connectivity index (χ4n) is 2.96. The molecule has 0 aliphatic heterocycles. The Morgan fingerprint density at radius 1 is 1.17 bits per heavy atom. The highest BCUT2D eigenvalue weighted by Crippen LogP contribution is 2.34. The van der Waals surface area contributed by atoms with E-state index in [4.69, 9.17) is 4.74 Å². The van der Waals surface area contributed by atoms with Crippen molar-refractivity contribution in [2.75, 3.05) is 25.0 Å². The lowest BCUT2D eigenvalue weighted by molar-refractivity contribution is 0.0531. The Bertz CT molecular complexity index is 1110. The van der Waals surface area contributed by atoms with Crippen LogP contribution in [0.15, 0.2) is 18.2 Å². The van der Waals surface area contributed by atoms with Gasteiger partial charge in [0.2, 0.25) is 0 Å². The van der Waals surface area contributed by atoms with E-state index in [1.807, 2.05) is 6.92 Å². The van der Waals surface area contributed by atoms with E-state index in [-0.39, 0.29) is 17.4 Å². The molecule has 9 heteroatoms. The number of aromatic nitrogens is 2. The molecule has 0 spiro atoms. The quantitative estimate of drug-likeness (QED) is 0.438. The molecule has 2 aromatic heterocycles. The van der Waals surface area contributed by atoms with Crippen LogP contribution < -0.4 is 10.6 Å². The molecule has 30 heavy (non-hydrogen) atoms. The van der Waals surface area contributed by atoms with E-state index in [0.717, 1.165) is 10.9 Å². The summed E-state index contributed by atoms with van der Waals surface area (Å²) < 4.78 is 18.8. The summed E-state index contributed by atoms with van der Waals surface area (Å²) in [5.74, 6) is 0.0263. The third-order valence-electron chi connectivity index (χ3n) is 4.50. The number of amides is 1. The van der Waals surface area contributed by atoms with Gasteiger partial charge in [0.1, 0.15) is 27.2 Å².